The van der Waals surface area contributed by atoms with Gasteiger partial charge in [0, 0.05) is 32.2 Å². The van der Waals surface area contributed by atoms with Gasteiger partial charge in [0.2, 0.25) is 0 Å². The predicted molar refractivity (Wildman–Crippen MR) is 112 cm³/mol. The van der Waals surface area contributed by atoms with Crippen LogP contribution in [0.3, 0.4) is 0 Å². The van der Waals surface area contributed by atoms with Crippen LogP contribution in [0.25, 0.3) is 0 Å². The van der Waals surface area contributed by atoms with Crippen molar-refractivity contribution in [3.05, 3.63) is 35.9 Å². The lowest BCUT2D eigenvalue weighted by atomic mass is 10.1. The van der Waals surface area contributed by atoms with Gasteiger partial charge in [-0.25, -0.2) is 0 Å². The summed E-state index contributed by atoms with van der Waals surface area (Å²) in [6.45, 7) is 8.53. The van der Waals surface area contributed by atoms with E-state index in [2.05, 4.69) is 78.7 Å². The molecule has 0 saturated carbocycles. The van der Waals surface area contributed by atoms with Gasteiger partial charge in [0.15, 0.2) is 5.96 Å². The second-order valence-electron chi connectivity index (χ2n) is 5.99. The first-order chi connectivity index (χ1) is 10.6. The van der Waals surface area contributed by atoms with Gasteiger partial charge in [-0.3, -0.25) is 9.89 Å². The van der Waals surface area contributed by atoms with E-state index in [0.29, 0.717) is 12.1 Å². The van der Waals surface area contributed by atoms with Crippen LogP contribution in [0.4, 0.5) is 0 Å². The van der Waals surface area contributed by atoms with E-state index in [1.807, 2.05) is 7.05 Å². The first-order valence-electron chi connectivity index (χ1n) is 8.28. The van der Waals surface area contributed by atoms with Gasteiger partial charge in [0.25, 0.3) is 0 Å². The van der Waals surface area contributed by atoms with Crippen LogP contribution in [0, 0.1) is 0 Å². The Hall–Kier alpha value is -0.820. The standard InChI is InChI=1S/C18H32N4.HI/c1-6-15(2)21-18(19-4)20-13-12-16(3)22(5)14-17-10-8-7-9-11-17;/h7-11,15-16H,6,12-14H2,1-5H3,(H2,19,20,21);1H. The molecule has 2 N–H and O–H groups in total. The molecule has 132 valence electrons. The van der Waals surface area contributed by atoms with Gasteiger partial charge in [-0.05, 0) is 39.3 Å². The van der Waals surface area contributed by atoms with E-state index in [1.54, 1.807) is 0 Å². The molecular weight excluding hydrogens is 399 g/mol. The lowest BCUT2D eigenvalue weighted by molar-refractivity contribution is 0.238. The maximum Gasteiger partial charge on any atom is 0.191 e. The van der Waals surface area contributed by atoms with E-state index in [-0.39, 0.29) is 24.0 Å². The Kier molecular flexibility index (Phi) is 12.1. The summed E-state index contributed by atoms with van der Waals surface area (Å²) in [4.78, 5) is 6.66. The number of hydrogen-bond acceptors (Lipinski definition) is 2. The molecule has 0 spiro atoms. The summed E-state index contributed by atoms with van der Waals surface area (Å²) in [5.41, 5.74) is 1.36. The molecule has 4 nitrogen and oxygen atoms in total. The molecule has 23 heavy (non-hydrogen) atoms. The van der Waals surface area contributed by atoms with Gasteiger partial charge in [0.1, 0.15) is 0 Å². The third-order valence-corrected chi connectivity index (χ3v) is 4.10. The second kappa shape index (κ2) is 12.6. The minimum Gasteiger partial charge on any atom is -0.356 e. The predicted octanol–water partition coefficient (Wildman–Crippen LogP) is 3.48. The van der Waals surface area contributed by atoms with Crippen molar-refractivity contribution in [1.82, 2.24) is 15.5 Å². The highest BCUT2D eigenvalue weighted by Crippen LogP contribution is 2.07. The fourth-order valence-corrected chi connectivity index (χ4v) is 2.18. The molecule has 0 amide bonds. The normalized spacial score (nSPS) is 14.1. The molecule has 1 aromatic rings. The number of halogens is 1. The number of hydrogen-bond donors (Lipinski definition) is 2. The zero-order chi connectivity index (χ0) is 16.4. The Balaban J connectivity index is 0.00000484. The molecule has 0 aliphatic carbocycles. The molecule has 0 aromatic heterocycles. The van der Waals surface area contributed by atoms with Gasteiger partial charge in [-0.1, -0.05) is 37.3 Å². The Bertz CT molecular complexity index is 436. The van der Waals surface area contributed by atoms with E-state index in [1.165, 1.54) is 5.56 Å². The highest BCUT2D eigenvalue weighted by atomic mass is 127. The van der Waals surface area contributed by atoms with E-state index < -0.39 is 0 Å². The van der Waals surface area contributed by atoms with Gasteiger partial charge in [-0.15, -0.1) is 24.0 Å². The van der Waals surface area contributed by atoms with Crippen molar-refractivity contribution in [1.29, 1.82) is 0 Å². The number of nitrogens with zero attached hydrogens (tertiary/aromatic N) is 2. The zero-order valence-corrected chi connectivity index (χ0v) is 17.5. The number of rotatable bonds is 8. The monoisotopic (exact) mass is 432 g/mol. The van der Waals surface area contributed by atoms with Crippen LogP contribution >= 0.6 is 24.0 Å². The summed E-state index contributed by atoms with van der Waals surface area (Å²) in [7, 11) is 4.01. The summed E-state index contributed by atoms with van der Waals surface area (Å²) in [6.07, 6.45) is 2.18. The zero-order valence-electron chi connectivity index (χ0n) is 15.2. The number of benzene rings is 1. The van der Waals surface area contributed by atoms with Crippen molar-refractivity contribution in [3.8, 4) is 0 Å². The average Bonchev–Trinajstić information content (AvgIpc) is 2.54. The number of nitrogens with one attached hydrogen (secondary N) is 2. The minimum atomic E-state index is 0. The fourth-order valence-electron chi connectivity index (χ4n) is 2.18. The van der Waals surface area contributed by atoms with Crippen molar-refractivity contribution in [2.45, 2.75) is 52.2 Å². The maximum atomic E-state index is 4.27. The van der Waals surface area contributed by atoms with Crippen LogP contribution in [0.1, 0.15) is 39.2 Å². The Morgan fingerprint density at radius 3 is 2.43 bits per heavy atom. The van der Waals surface area contributed by atoms with Crippen LogP contribution in [0.5, 0.6) is 0 Å². The van der Waals surface area contributed by atoms with Gasteiger partial charge in [-0.2, -0.15) is 0 Å². The molecule has 0 fully saturated rings. The van der Waals surface area contributed by atoms with Gasteiger partial charge < -0.3 is 10.6 Å². The maximum absolute atomic E-state index is 4.27. The highest BCUT2D eigenvalue weighted by Gasteiger charge is 2.10. The van der Waals surface area contributed by atoms with Crippen molar-refractivity contribution in [3.63, 3.8) is 0 Å². The number of aliphatic imine (C=N–C) groups is 1. The second-order valence-corrected chi connectivity index (χ2v) is 5.99. The van der Waals surface area contributed by atoms with E-state index in [9.17, 15) is 0 Å². The summed E-state index contributed by atoms with van der Waals surface area (Å²) in [5, 5.41) is 6.78. The lowest BCUT2D eigenvalue weighted by Gasteiger charge is -2.25. The van der Waals surface area contributed by atoms with Gasteiger partial charge in [0.05, 0.1) is 0 Å². The van der Waals surface area contributed by atoms with Crippen LogP contribution in [0.15, 0.2) is 35.3 Å². The van der Waals surface area contributed by atoms with Crippen molar-refractivity contribution >= 4 is 29.9 Å². The van der Waals surface area contributed by atoms with Crippen LogP contribution in [0.2, 0.25) is 0 Å². The molecule has 0 aliphatic rings. The summed E-state index contributed by atoms with van der Waals surface area (Å²) >= 11 is 0. The van der Waals surface area contributed by atoms with Crippen molar-refractivity contribution < 1.29 is 0 Å². The highest BCUT2D eigenvalue weighted by molar-refractivity contribution is 14.0. The topological polar surface area (TPSA) is 39.7 Å². The smallest absolute Gasteiger partial charge is 0.191 e. The van der Waals surface area contributed by atoms with Crippen molar-refractivity contribution in [2.75, 3.05) is 20.6 Å². The molecule has 5 heteroatoms. The van der Waals surface area contributed by atoms with E-state index in [0.717, 1.165) is 31.9 Å². The first kappa shape index (κ1) is 22.2. The molecule has 0 bridgehead atoms. The molecule has 1 rings (SSSR count). The summed E-state index contributed by atoms with van der Waals surface area (Å²) in [5.74, 6) is 0.896. The molecule has 0 saturated heterocycles. The molecule has 2 unspecified atom stereocenters. The largest absolute Gasteiger partial charge is 0.356 e. The van der Waals surface area contributed by atoms with E-state index >= 15 is 0 Å². The Morgan fingerprint density at radius 1 is 1.22 bits per heavy atom. The van der Waals surface area contributed by atoms with Crippen LogP contribution in [-0.4, -0.2) is 43.6 Å². The fraction of sp³-hybridized carbons (Fsp3) is 0.611. The SMILES string of the molecule is CCC(C)NC(=NC)NCCC(C)N(C)Cc1ccccc1.I. The minimum absolute atomic E-state index is 0. The average molecular weight is 432 g/mol. The molecule has 0 heterocycles. The molecule has 0 aliphatic heterocycles. The van der Waals surface area contributed by atoms with E-state index in [4.69, 9.17) is 0 Å². The summed E-state index contributed by atoms with van der Waals surface area (Å²) < 4.78 is 0. The van der Waals surface area contributed by atoms with Crippen LogP contribution < -0.4 is 10.6 Å². The van der Waals surface area contributed by atoms with Crippen LogP contribution in [-0.2, 0) is 6.54 Å². The molecular formula is C18H33IN4. The third-order valence-electron chi connectivity index (χ3n) is 4.10. The lowest BCUT2D eigenvalue weighted by Crippen LogP contribution is -2.43. The molecule has 1 aromatic carbocycles. The number of guanidine groups is 1. The Morgan fingerprint density at radius 2 is 1.87 bits per heavy atom. The Labute approximate surface area is 159 Å². The molecule has 0 radical (unpaired) electrons. The summed E-state index contributed by atoms with van der Waals surface area (Å²) in [6, 6.07) is 11.6. The quantitative estimate of drug-likeness (QED) is 0.376. The first-order valence-corrected chi connectivity index (χ1v) is 8.28. The molecule has 2 atom stereocenters. The van der Waals surface area contributed by atoms with Crippen molar-refractivity contribution in [2.24, 2.45) is 4.99 Å². The third kappa shape index (κ3) is 9.15. The van der Waals surface area contributed by atoms with Gasteiger partial charge >= 0.3 is 0 Å².